The number of benzene rings is 1. The number of carbonyl (C=O) groups is 1. The van der Waals surface area contributed by atoms with E-state index < -0.39 is 11.6 Å². The first-order chi connectivity index (χ1) is 11.0. The Morgan fingerprint density at radius 3 is 2.87 bits per heavy atom. The van der Waals surface area contributed by atoms with E-state index in [1.807, 2.05) is 24.3 Å². The average molecular weight is 318 g/mol. The van der Waals surface area contributed by atoms with Crippen LogP contribution < -0.4 is 4.74 Å². The normalized spacial score (nSPS) is 22.2. The zero-order chi connectivity index (χ0) is 16.9. The first-order valence-electron chi connectivity index (χ1n) is 8.24. The lowest BCUT2D eigenvalue weighted by atomic mass is 9.77. The molecular weight excluding hydrogens is 292 g/mol. The van der Waals surface area contributed by atoms with Gasteiger partial charge in [-0.25, -0.2) is 4.79 Å². The van der Waals surface area contributed by atoms with Crippen molar-refractivity contribution in [2.24, 2.45) is 5.92 Å². The Morgan fingerprint density at radius 2 is 2.22 bits per heavy atom. The molecular formula is C19H26O4. The molecule has 2 atom stereocenters. The molecule has 0 spiro atoms. The second-order valence-corrected chi connectivity index (χ2v) is 6.34. The van der Waals surface area contributed by atoms with Gasteiger partial charge in [0.2, 0.25) is 0 Å². The second-order valence-electron chi connectivity index (χ2n) is 6.34. The van der Waals surface area contributed by atoms with Gasteiger partial charge in [0, 0.05) is 6.42 Å². The molecule has 4 nitrogen and oxygen atoms in total. The van der Waals surface area contributed by atoms with E-state index in [0.29, 0.717) is 12.8 Å². The Kier molecular flexibility index (Phi) is 5.69. The number of esters is 1. The first-order valence-corrected chi connectivity index (χ1v) is 8.24. The minimum absolute atomic E-state index is 0.120. The molecule has 1 heterocycles. The van der Waals surface area contributed by atoms with Crippen molar-refractivity contribution >= 4 is 5.97 Å². The summed E-state index contributed by atoms with van der Waals surface area (Å²) in [7, 11) is 1.65. The summed E-state index contributed by atoms with van der Waals surface area (Å²) in [4.78, 5) is 11.8. The third-order valence-corrected chi connectivity index (χ3v) is 4.66. The monoisotopic (exact) mass is 318 g/mol. The Labute approximate surface area is 138 Å². The van der Waals surface area contributed by atoms with Crippen LogP contribution in [-0.4, -0.2) is 23.8 Å². The molecule has 0 bridgehead atoms. The number of hydrogen-bond acceptors (Lipinski definition) is 4. The summed E-state index contributed by atoms with van der Waals surface area (Å²) in [6.07, 6.45) is 5.01. The number of aryl methyl sites for hydroxylation is 1. The van der Waals surface area contributed by atoms with Crippen molar-refractivity contribution < 1.29 is 19.4 Å². The molecule has 1 aromatic rings. The molecule has 0 amide bonds. The minimum Gasteiger partial charge on any atom is -0.512 e. The van der Waals surface area contributed by atoms with Gasteiger partial charge in [-0.2, -0.15) is 0 Å². The molecule has 2 rings (SSSR count). The highest BCUT2D eigenvalue weighted by atomic mass is 16.6. The van der Waals surface area contributed by atoms with Crippen molar-refractivity contribution in [3.63, 3.8) is 0 Å². The van der Waals surface area contributed by atoms with Crippen LogP contribution >= 0.6 is 0 Å². The van der Waals surface area contributed by atoms with Crippen molar-refractivity contribution in [2.45, 2.75) is 51.6 Å². The fourth-order valence-corrected chi connectivity index (χ4v) is 3.30. The van der Waals surface area contributed by atoms with Crippen molar-refractivity contribution in [1.29, 1.82) is 0 Å². The maximum Gasteiger partial charge on any atom is 0.334 e. The number of hydrogen-bond donors (Lipinski definition) is 1. The predicted octanol–water partition coefficient (Wildman–Crippen LogP) is 4.19. The number of carbonyl (C=O) groups excluding carboxylic acids is 1. The Balaban J connectivity index is 2.18. The van der Waals surface area contributed by atoms with Crippen LogP contribution in [0.4, 0.5) is 0 Å². The van der Waals surface area contributed by atoms with E-state index in [9.17, 15) is 9.90 Å². The van der Waals surface area contributed by atoms with Gasteiger partial charge in [0.1, 0.15) is 17.1 Å². The number of aliphatic hydroxyl groups is 1. The van der Waals surface area contributed by atoms with Gasteiger partial charge in [-0.05, 0) is 42.9 Å². The molecule has 0 aromatic heterocycles. The molecule has 1 aliphatic rings. The Hall–Kier alpha value is -1.97. The molecule has 1 aromatic carbocycles. The largest absolute Gasteiger partial charge is 0.512 e. The highest BCUT2D eigenvalue weighted by Crippen LogP contribution is 2.38. The van der Waals surface area contributed by atoms with Crippen LogP contribution in [0.1, 0.15) is 45.1 Å². The van der Waals surface area contributed by atoms with Gasteiger partial charge >= 0.3 is 5.97 Å². The van der Waals surface area contributed by atoms with Gasteiger partial charge in [0.25, 0.3) is 0 Å². The lowest BCUT2D eigenvalue weighted by molar-refractivity contribution is -0.165. The SMILES string of the molecule is CCCC(C)C1(CCc2cccc(OC)c2)CC(O)=CC(=O)O1. The van der Waals surface area contributed by atoms with Gasteiger partial charge in [0.05, 0.1) is 13.2 Å². The Morgan fingerprint density at radius 1 is 1.43 bits per heavy atom. The molecule has 1 N–H and O–H groups in total. The predicted molar refractivity (Wildman–Crippen MR) is 89.5 cm³/mol. The van der Waals surface area contributed by atoms with Crippen LogP contribution in [0.25, 0.3) is 0 Å². The first kappa shape index (κ1) is 17.4. The third kappa shape index (κ3) is 4.27. The van der Waals surface area contributed by atoms with Gasteiger partial charge < -0.3 is 14.6 Å². The van der Waals surface area contributed by atoms with Gasteiger partial charge in [0.15, 0.2) is 0 Å². The maximum absolute atomic E-state index is 11.8. The highest BCUT2D eigenvalue weighted by Gasteiger charge is 2.42. The number of rotatable bonds is 7. The summed E-state index contributed by atoms with van der Waals surface area (Å²) in [6, 6.07) is 7.91. The smallest absolute Gasteiger partial charge is 0.334 e. The molecule has 0 saturated heterocycles. The molecule has 0 radical (unpaired) electrons. The Bertz CT molecular complexity index is 578. The van der Waals surface area contributed by atoms with Gasteiger partial charge in [-0.15, -0.1) is 0 Å². The number of methoxy groups -OCH3 is 1. The fourth-order valence-electron chi connectivity index (χ4n) is 3.30. The summed E-state index contributed by atoms with van der Waals surface area (Å²) >= 11 is 0. The van der Waals surface area contributed by atoms with Gasteiger partial charge in [-0.1, -0.05) is 32.4 Å². The highest BCUT2D eigenvalue weighted by molar-refractivity contribution is 5.83. The van der Waals surface area contributed by atoms with E-state index in [0.717, 1.165) is 30.6 Å². The van der Waals surface area contributed by atoms with Crippen LogP contribution in [0.3, 0.4) is 0 Å². The van der Waals surface area contributed by atoms with E-state index in [1.165, 1.54) is 6.08 Å². The topological polar surface area (TPSA) is 55.8 Å². The van der Waals surface area contributed by atoms with Crippen LogP contribution in [0.2, 0.25) is 0 Å². The van der Waals surface area contributed by atoms with Gasteiger partial charge in [-0.3, -0.25) is 0 Å². The molecule has 126 valence electrons. The summed E-state index contributed by atoms with van der Waals surface area (Å²) < 4.78 is 11.0. The van der Waals surface area contributed by atoms with Crippen LogP contribution in [0.15, 0.2) is 36.1 Å². The van der Waals surface area contributed by atoms with E-state index in [2.05, 4.69) is 13.8 Å². The van der Waals surface area contributed by atoms with E-state index in [-0.39, 0.29) is 11.7 Å². The van der Waals surface area contributed by atoms with E-state index >= 15 is 0 Å². The van der Waals surface area contributed by atoms with E-state index in [4.69, 9.17) is 9.47 Å². The molecule has 0 aliphatic carbocycles. The van der Waals surface area contributed by atoms with Crippen LogP contribution in [-0.2, 0) is 16.0 Å². The fraction of sp³-hybridized carbons (Fsp3) is 0.526. The minimum atomic E-state index is -0.630. The number of aliphatic hydroxyl groups excluding tert-OH is 1. The van der Waals surface area contributed by atoms with Crippen LogP contribution in [0.5, 0.6) is 5.75 Å². The van der Waals surface area contributed by atoms with Crippen molar-refractivity contribution in [3.05, 3.63) is 41.7 Å². The summed E-state index contributed by atoms with van der Waals surface area (Å²) in [6.45, 7) is 4.22. The quantitative estimate of drug-likeness (QED) is 0.766. The summed E-state index contributed by atoms with van der Waals surface area (Å²) in [5.74, 6) is 0.691. The zero-order valence-electron chi connectivity index (χ0n) is 14.2. The summed E-state index contributed by atoms with van der Waals surface area (Å²) in [5.41, 5.74) is 0.507. The standard InChI is InChI=1S/C19H26O4/c1-4-6-14(2)19(13-16(20)12-18(21)23-19)10-9-15-7-5-8-17(11-15)22-3/h5,7-8,11-12,14,20H,4,6,9-10,13H2,1-3H3. The lowest BCUT2D eigenvalue weighted by Gasteiger charge is -2.40. The van der Waals surface area contributed by atoms with Crippen molar-refractivity contribution in [1.82, 2.24) is 0 Å². The van der Waals surface area contributed by atoms with E-state index in [1.54, 1.807) is 7.11 Å². The molecule has 1 aliphatic heterocycles. The number of ether oxygens (including phenoxy) is 2. The lowest BCUT2D eigenvalue weighted by Crippen LogP contribution is -2.44. The van der Waals surface area contributed by atoms with Crippen molar-refractivity contribution in [2.75, 3.05) is 7.11 Å². The molecule has 2 unspecified atom stereocenters. The number of cyclic esters (lactones) is 1. The molecule has 4 heteroatoms. The molecule has 0 fully saturated rings. The zero-order valence-corrected chi connectivity index (χ0v) is 14.2. The van der Waals surface area contributed by atoms with Crippen molar-refractivity contribution in [3.8, 4) is 5.75 Å². The summed E-state index contributed by atoms with van der Waals surface area (Å²) in [5, 5.41) is 9.95. The third-order valence-electron chi connectivity index (χ3n) is 4.66. The molecule has 23 heavy (non-hydrogen) atoms. The second kappa shape index (κ2) is 7.53. The maximum atomic E-state index is 11.8. The average Bonchev–Trinajstić information content (AvgIpc) is 2.52. The van der Waals surface area contributed by atoms with Crippen LogP contribution in [0, 0.1) is 5.92 Å². The molecule has 0 saturated carbocycles.